The molecular formula is C19H18F3N5O. The quantitative estimate of drug-likeness (QED) is 0.714. The Hall–Kier alpha value is -3.36. The van der Waals surface area contributed by atoms with Crippen LogP contribution in [0, 0.1) is 6.92 Å². The summed E-state index contributed by atoms with van der Waals surface area (Å²) in [4.78, 5) is 20.4. The predicted octanol–water partition coefficient (Wildman–Crippen LogP) is 3.62. The van der Waals surface area contributed by atoms with Crippen molar-refractivity contribution in [2.45, 2.75) is 13.1 Å². The van der Waals surface area contributed by atoms with Gasteiger partial charge in [0.05, 0.1) is 17.0 Å². The molecule has 0 unspecified atom stereocenters. The Labute approximate surface area is 159 Å². The van der Waals surface area contributed by atoms with E-state index in [2.05, 4.69) is 15.3 Å². The number of aromatic nitrogens is 3. The van der Waals surface area contributed by atoms with E-state index in [0.29, 0.717) is 28.3 Å². The smallest absolute Gasteiger partial charge is 0.373 e. The van der Waals surface area contributed by atoms with Gasteiger partial charge in [-0.1, -0.05) is 6.07 Å². The van der Waals surface area contributed by atoms with Crippen LogP contribution in [0.25, 0.3) is 22.5 Å². The molecule has 0 aliphatic heterocycles. The van der Waals surface area contributed by atoms with Gasteiger partial charge in [0, 0.05) is 25.7 Å². The molecule has 0 aliphatic rings. The topological polar surface area (TPSA) is 85.8 Å². The van der Waals surface area contributed by atoms with Crippen LogP contribution in [0.15, 0.2) is 36.7 Å². The number of hydrogen-bond donors (Lipinski definition) is 2. The molecule has 0 saturated carbocycles. The third-order valence-electron chi connectivity index (χ3n) is 4.51. The van der Waals surface area contributed by atoms with Gasteiger partial charge in [-0.25, -0.2) is 9.97 Å². The van der Waals surface area contributed by atoms with Crippen LogP contribution >= 0.6 is 0 Å². The van der Waals surface area contributed by atoms with Crippen molar-refractivity contribution in [3.05, 3.63) is 53.5 Å². The number of carbonyl (C=O) groups excluding carboxylic acids is 1. The zero-order valence-electron chi connectivity index (χ0n) is 15.4. The molecule has 0 saturated heterocycles. The second-order valence-corrected chi connectivity index (χ2v) is 6.28. The summed E-state index contributed by atoms with van der Waals surface area (Å²) in [7, 11) is 3.31. The van der Waals surface area contributed by atoms with E-state index in [1.165, 1.54) is 17.0 Å². The zero-order chi connectivity index (χ0) is 20.6. The van der Waals surface area contributed by atoms with Gasteiger partial charge in [0.25, 0.3) is 5.91 Å². The number of halogens is 3. The highest BCUT2D eigenvalue weighted by molar-refractivity contribution is 6.00. The number of nitrogens with zero attached hydrogens (tertiary/aromatic N) is 3. The minimum absolute atomic E-state index is 0.0991. The number of nitrogens with one attached hydrogen (secondary N) is 1. The van der Waals surface area contributed by atoms with Gasteiger partial charge < -0.3 is 15.6 Å². The van der Waals surface area contributed by atoms with E-state index in [1.807, 2.05) is 0 Å². The van der Waals surface area contributed by atoms with Gasteiger partial charge in [-0.2, -0.15) is 13.2 Å². The Morgan fingerprint density at radius 1 is 1.14 bits per heavy atom. The Morgan fingerprint density at radius 2 is 1.86 bits per heavy atom. The highest BCUT2D eigenvalue weighted by Crippen LogP contribution is 2.37. The maximum atomic E-state index is 13.2. The molecule has 0 atom stereocenters. The van der Waals surface area contributed by atoms with Crippen molar-refractivity contribution in [1.82, 2.24) is 14.5 Å². The molecule has 3 N–H and O–H groups in total. The molecule has 28 heavy (non-hydrogen) atoms. The molecule has 0 radical (unpaired) electrons. The molecule has 6 nitrogen and oxygen atoms in total. The number of nitrogens with two attached hydrogens (primary N) is 1. The van der Waals surface area contributed by atoms with Crippen molar-refractivity contribution in [1.29, 1.82) is 0 Å². The molecule has 0 aliphatic carbocycles. The number of hydrogen-bond acceptors (Lipinski definition) is 4. The van der Waals surface area contributed by atoms with E-state index < -0.39 is 17.6 Å². The third-order valence-corrected chi connectivity index (χ3v) is 4.51. The van der Waals surface area contributed by atoms with Crippen molar-refractivity contribution >= 4 is 11.7 Å². The third kappa shape index (κ3) is 3.42. The number of primary amides is 1. The number of carbonyl (C=O) groups is 1. The zero-order valence-corrected chi connectivity index (χ0v) is 15.4. The predicted molar refractivity (Wildman–Crippen MR) is 99.7 cm³/mol. The van der Waals surface area contributed by atoms with E-state index in [0.717, 1.165) is 12.1 Å². The SMILES string of the molecule is CNc1cc(-c2cc(-c3cc(C(F)(F)F)ccc3C)c(C(N)=O)n2C)ncn1. The Kier molecular flexibility index (Phi) is 4.84. The van der Waals surface area contributed by atoms with E-state index in [9.17, 15) is 18.0 Å². The van der Waals surface area contributed by atoms with Gasteiger partial charge in [-0.15, -0.1) is 0 Å². The van der Waals surface area contributed by atoms with Crippen LogP contribution in [0.3, 0.4) is 0 Å². The minimum atomic E-state index is -4.50. The molecule has 3 aromatic rings. The van der Waals surface area contributed by atoms with Crippen molar-refractivity contribution in [2.24, 2.45) is 12.8 Å². The molecule has 0 spiro atoms. The lowest BCUT2D eigenvalue weighted by Crippen LogP contribution is -2.17. The van der Waals surface area contributed by atoms with Gasteiger partial charge in [0.15, 0.2) is 0 Å². The summed E-state index contributed by atoms with van der Waals surface area (Å²) < 4.78 is 41.1. The first-order valence-electron chi connectivity index (χ1n) is 8.31. The fourth-order valence-corrected chi connectivity index (χ4v) is 3.07. The molecule has 2 aromatic heterocycles. The number of benzene rings is 1. The van der Waals surface area contributed by atoms with Crippen LogP contribution in [0.2, 0.25) is 0 Å². The monoisotopic (exact) mass is 389 g/mol. The molecule has 2 heterocycles. The number of anilines is 1. The molecule has 3 rings (SSSR count). The Morgan fingerprint density at radius 3 is 2.46 bits per heavy atom. The Bertz CT molecular complexity index is 1060. The fourth-order valence-electron chi connectivity index (χ4n) is 3.07. The fraction of sp³-hybridized carbons (Fsp3) is 0.211. The normalized spacial score (nSPS) is 11.5. The summed E-state index contributed by atoms with van der Waals surface area (Å²) in [5, 5.41) is 2.89. The number of aryl methyl sites for hydroxylation is 1. The van der Waals surface area contributed by atoms with Crippen LogP contribution in [0.5, 0.6) is 0 Å². The standard InChI is InChI=1S/C19H18F3N5O/c1-10-4-5-11(19(20,21)22)6-12(10)13-7-15(27(3)17(13)18(23)28)14-8-16(24-2)26-9-25-14/h4-9H,1-3H3,(H2,23,28)(H,24,25,26). The maximum absolute atomic E-state index is 13.2. The van der Waals surface area contributed by atoms with E-state index in [-0.39, 0.29) is 11.3 Å². The maximum Gasteiger partial charge on any atom is 0.416 e. The van der Waals surface area contributed by atoms with E-state index >= 15 is 0 Å². The molecule has 1 amide bonds. The van der Waals surface area contributed by atoms with Crippen LogP contribution in [-0.4, -0.2) is 27.5 Å². The van der Waals surface area contributed by atoms with Gasteiger partial charge in [0.1, 0.15) is 17.8 Å². The lowest BCUT2D eigenvalue weighted by molar-refractivity contribution is -0.137. The first-order chi connectivity index (χ1) is 13.1. The van der Waals surface area contributed by atoms with E-state index in [4.69, 9.17) is 5.73 Å². The van der Waals surface area contributed by atoms with Crippen LogP contribution in [0.4, 0.5) is 19.0 Å². The minimum Gasteiger partial charge on any atom is -0.373 e. The van der Waals surface area contributed by atoms with Gasteiger partial charge in [-0.3, -0.25) is 4.79 Å². The molecule has 0 fully saturated rings. The van der Waals surface area contributed by atoms with Gasteiger partial charge in [-0.05, 0) is 36.2 Å². The lowest BCUT2D eigenvalue weighted by Gasteiger charge is -2.12. The first kappa shape index (κ1) is 19.4. The summed E-state index contributed by atoms with van der Waals surface area (Å²) in [6, 6.07) is 6.70. The average molecular weight is 389 g/mol. The molecular weight excluding hydrogens is 371 g/mol. The van der Waals surface area contributed by atoms with Crippen molar-refractivity contribution in [2.75, 3.05) is 12.4 Å². The largest absolute Gasteiger partial charge is 0.416 e. The number of alkyl halides is 3. The van der Waals surface area contributed by atoms with Crippen molar-refractivity contribution in [3.8, 4) is 22.5 Å². The molecule has 146 valence electrons. The Balaban J connectivity index is 2.27. The lowest BCUT2D eigenvalue weighted by atomic mass is 9.97. The molecule has 0 bridgehead atoms. The number of rotatable bonds is 4. The van der Waals surface area contributed by atoms with Gasteiger partial charge in [0.2, 0.25) is 0 Å². The van der Waals surface area contributed by atoms with Crippen LogP contribution in [0.1, 0.15) is 21.6 Å². The highest BCUT2D eigenvalue weighted by Gasteiger charge is 2.31. The van der Waals surface area contributed by atoms with Crippen molar-refractivity contribution in [3.63, 3.8) is 0 Å². The first-order valence-corrected chi connectivity index (χ1v) is 8.31. The summed E-state index contributed by atoms with van der Waals surface area (Å²) in [6.45, 7) is 1.68. The summed E-state index contributed by atoms with van der Waals surface area (Å²) >= 11 is 0. The average Bonchev–Trinajstić information content (AvgIpc) is 2.98. The molecule has 1 aromatic carbocycles. The second kappa shape index (κ2) is 6.99. The summed E-state index contributed by atoms with van der Waals surface area (Å²) in [5.74, 6) is -0.188. The van der Waals surface area contributed by atoms with Crippen LogP contribution in [-0.2, 0) is 13.2 Å². The van der Waals surface area contributed by atoms with Crippen LogP contribution < -0.4 is 11.1 Å². The molecule has 9 heteroatoms. The van der Waals surface area contributed by atoms with E-state index in [1.54, 1.807) is 33.2 Å². The van der Waals surface area contributed by atoms with Gasteiger partial charge >= 0.3 is 6.18 Å². The summed E-state index contributed by atoms with van der Waals surface area (Å²) in [6.07, 6.45) is -3.14. The highest BCUT2D eigenvalue weighted by atomic mass is 19.4. The van der Waals surface area contributed by atoms with Crippen molar-refractivity contribution < 1.29 is 18.0 Å². The second-order valence-electron chi connectivity index (χ2n) is 6.28. The number of amides is 1. The summed E-state index contributed by atoms with van der Waals surface area (Å²) in [5.41, 5.74) is 7.07.